The first-order valence-electron chi connectivity index (χ1n) is 8.58. The number of hydrogen-bond donors (Lipinski definition) is 1. The van der Waals surface area contributed by atoms with E-state index in [-0.39, 0.29) is 17.8 Å². The van der Waals surface area contributed by atoms with Crippen molar-refractivity contribution in [2.45, 2.75) is 46.2 Å². The molecule has 2 atom stereocenters. The number of carbonyl (C=O) groups is 3. The smallest absolute Gasteiger partial charge is 0.316 e. The summed E-state index contributed by atoms with van der Waals surface area (Å²) in [5.41, 5.74) is 1.19. The SMILES string of the molecule is CC(=O)O.CCOC(=O)C1CCN(Cc2ccccc2)C(CC)C1=O. The van der Waals surface area contributed by atoms with Gasteiger partial charge in [-0.3, -0.25) is 19.3 Å². The lowest BCUT2D eigenvalue weighted by molar-refractivity contribution is -0.155. The van der Waals surface area contributed by atoms with E-state index >= 15 is 0 Å². The highest BCUT2D eigenvalue weighted by Crippen LogP contribution is 2.24. The van der Waals surface area contributed by atoms with Gasteiger partial charge in [0.1, 0.15) is 5.92 Å². The fourth-order valence-corrected chi connectivity index (χ4v) is 2.95. The Bertz CT molecular complexity index is 568. The fraction of sp³-hybridized carbons (Fsp3) is 0.526. The molecule has 1 saturated heterocycles. The van der Waals surface area contributed by atoms with Gasteiger partial charge in [-0.1, -0.05) is 37.3 Å². The maximum atomic E-state index is 12.5. The number of nitrogens with zero attached hydrogens (tertiary/aromatic N) is 1. The van der Waals surface area contributed by atoms with E-state index in [9.17, 15) is 9.59 Å². The van der Waals surface area contributed by atoms with Gasteiger partial charge in [-0.05, 0) is 25.3 Å². The number of carboxylic acids is 1. The van der Waals surface area contributed by atoms with Crippen LogP contribution in [0.15, 0.2) is 30.3 Å². The first-order chi connectivity index (χ1) is 11.9. The molecule has 1 aromatic carbocycles. The summed E-state index contributed by atoms with van der Waals surface area (Å²) in [6.07, 6.45) is 1.28. The molecule has 2 rings (SSSR count). The average Bonchev–Trinajstić information content (AvgIpc) is 2.56. The van der Waals surface area contributed by atoms with Crippen LogP contribution in [0.3, 0.4) is 0 Å². The van der Waals surface area contributed by atoms with Crippen LogP contribution in [-0.4, -0.2) is 46.9 Å². The van der Waals surface area contributed by atoms with Crippen molar-refractivity contribution in [1.29, 1.82) is 0 Å². The van der Waals surface area contributed by atoms with E-state index in [0.717, 1.165) is 26.4 Å². The average molecular weight is 349 g/mol. The van der Waals surface area contributed by atoms with Crippen LogP contribution in [-0.2, 0) is 25.7 Å². The van der Waals surface area contributed by atoms with Gasteiger partial charge in [-0.15, -0.1) is 0 Å². The molecule has 0 amide bonds. The Labute approximate surface area is 148 Å². The van der Waals surface area contributed by atoms with Crippen molar-refractivity contribution in [3.05, 3.63) is 35.9 Å². The Morgan fingerprint density at radius 1 is 1.24 bits per heavy atom. The van der Waals surface area contributed by atoms with Crippen LogP contribution in [0, 0.1) is 5.92 Å². The van der Waals surface area contributed by atoms with Gasteiger partial charge >= 0.3 is 5.97 Å². The highest BCUT2D eigenvalue weighted by atomic mass is 16.5. The predicted octanol–water partition coefficient (Wildman–Crippen LogP) is 2.51. The van der Waals surface area contributed by atoms with Gasteiger partial charge in [-0.25, -0.2) is 0 Å². The summed E-state index contributed by atoms with van der Waals surface area (Å²) in [4.78, 5) is 35.6. The summed E-state index contributed by atoms with van der Waals surface area (Å²) >= 11 is 0. The number of Topliss-reactive ketones (excluding diaryl/α,β-unsaturated/α-hetero) is 1. The van der Waals surface area contributed by atoms with Crippen LogP contribution in [0.1, 0.15) is 39.2 Å². The molecule has 0 aromatic heterocycles. The first-order valence-corrected chi connectivity index (χ1v) is 8.58. The number of carbonyl (C=O) groups excluding carboxylic acids is 2. The summed E-state index contributed by atoms with van der Waals surface area (Å²) in [5.74, 6) is -1.76. The maximum absolute atomic E-state index is 12.5. The molecule has 25 heavy (non-hydrogen) atoms. The molecular weight excluding hydrogens is 322 g/mol. The number of aliphatic carboxylic acids is 1. The number of rotatable bonds is 5. The second kappa shape index (κ2) is 10.6. The van der Waals surface area contributed by atoms with Crippen LogP contribution in [0.5, 0.6) is 0 Å². The van der Waals surface area contributed by atoms with Gasteiger partial charge in [0, 0.05) is 20.0 Å². The van der Waals surface area contributed by atoms with Crippen molar-refractivity contribution in [3.63, 3.8) is 0 Å². The minimum Gasteiger partial charge on any atom is -0.481 e. The molecule has 1 aliphatic rings. The quantitative estimate of drug-likeness (QED) is 0.649. The fourth-order valence-electron chi connectivity index (χ4n) is 2.95. The number of benzene rings is 1. The minimum absolute atomic E-state index is 0.0122. The van der Waals surface area contributed by atoms with E-state index in [2.05, 4.69) is 17.0 Å². The van der Waals surface area contributed by atoms with Gasteiger partial charge in [0.25, 0.3) is 5.97 Å². The molecule has 0 radical (unpaired) electrons. The molecule has 0 bridgehead atoms. The Morgan fingerprint density at radius 2 is 1.84 bits per heavy atom. The lowest BCUT2D eigenvalue weighted by Gasteiger charge is -2.37. The van der Waals surface area contributed by atoms with E-state index in [1.54, 1.807) is 6.92 Å². The van der Waals surface area contributed by atoms with Crippen LogP contribution < -0.4 is 0 Å². The zero-order valence-corrected chi connectivity index (χ0v) is 15.1. The maximum Gasteiger partial charge on any atom is 0.316 e. The zero-order chi connectivity index (χ0) is 18.8. The largest absolute Gasteiger partial charge is 0.481 e. The van der Waals surface area contributed by atoms with Crippen LogP contribution in [0.4, 0.5) is 0 Å². The van der Waals surface area contributed by atoms with Crippen LogP contribution in [0.25, 0.3) is 0 Å². The van der Waals surface area contributed by atoms with Crippen LogP contribution >= 0.6 is 0 Å². The van der Waals surface area contributed by atoms with E-state index in [4.69, 9.17) is 14.6 Å². The lowest BCUT2D eigenvalue weighted by Crippen LogP contribution is -2.51. The lowest BCUT2D eigenvalue weighted by atomic mass is 9.87. The van der Waals surface area contributed by atoms with Crippen molar-refractivity contribution in [3.8, 4) is 0 Å². The summed E-state index contributed by atoms with van der Waals surface area (Å²) in [5, 5.41) is 7.42. The van der Waals surface area contributed by atoms with Crippen molar-refractivity contribution >= 4 is 17.7 Å². The molecule has 1 aliphatic heterocycles. The van der Waals surface area contributed by atoms with E-state index < -0.39 is 11.9 Å². The molecule has 2 unspecified atom stereocenters. The molecule has 0 aliphatic carbocycles. The first kappa shape index (κ1) is 20.8. The summed E-state index contributed by atoms with van der Waals surface area (Å²) < 4.78 is 5.02. The summed E-state index contributed by atoms with van der Waals surface area (Å²) in [6.45, 7) is 6.68. The Kier molecular flexibility index (Phi) is 8.84. The third-order valence-electron chi connectivity index (χ3n) is 4.00. The minimum atomic E-state index is -0.833. The molecule has 1 fully saturated rings. The standard InChI is InChI=1S/C17H23NO3.C2H4O2/c1-3-15-16(19)14(17(20)21-4-2)10-11-18(15)12-13-8-6-5-7-9-13;1-2(3)4/h5-9,14-15H,3-4,10-12H2,1-2H3;1H3,(H,3,4). The van der Waals surface area contributed by atoms with Gasteiger partial charge in [0.05, 0.1) is 12.6 Å². The van der Waals surface area contributed by atoms with Gasteiger partial charge < -0.3 is 9.84 Å². The van der Waals surface area contributed by atoms with E-state index in [1.807, 2.05) is 25.1 Å². The van der Waals surface area contributed by atoms with Crippen molar-refractivity contribution in [2.24, 2.45) is 5.92 Å². The molecular formula is C19H27NO5. The molecule has 1 heterocycles. The highest BCUT2D eigenvalue weighted by molar-refractivity contribution is 6.02. The normalized spacial score (nSPS) is 20.4. The highest BCUT2D eigenvalue weighted by Gasteiger charge is 2.39. The van der Waals surface area contributed by atoms with Gasteiger partial charge in [-0.2, -0.15) is 0 Å². The third-order valence-corrected chi connectivity index (χ3v) is 4.00. The molecule has 0 saturated carbocycles. The number of hydrogen-bond acceptors (Lipinski definition) is 5. The zero-order valence-electron chi connectivity index (χ0n) is 15.1. The molecule has 6 nitrogen and oxygen atoms in total. The predicted molar refractivity (Wildman–Crippen MR) is 94.0 cm³/mol. The number of carboxylic acid groups (broad SMARTS) is 1. The van der Waals surface area contributed by atoms with Gasteiger partial charge in [0.2, 0.25) is 0 Å². The summed E-state index contributed by atoms with van der Waals surface area (Å²) in [6, 6.07) is 9.93. The number of likely N-dealkylation sites (tertiary alicyclic amines) is 1. The number of ether oxygens (including phenoxy) is 1. The van der Waals surface area contributed by atoms with Crippen LogP contribution in [0.2, 0.25) is 0 Å². The molecule has 1 N–H and O–H groups in total. The topological polar surface area (TPSA) is 83.9 Å². The number of esters is 1. The second-order valence-electron chi connectivity index (χ2n) is 5.89. The molecule has 0 spiro atoms. The third kappa shape index (κ3) is 6.66. The molecule has 138 valence electrons. The van der Waals surface area contributed by atoms with Crippen molar-refractivity contribution < 1.29 is 24.2 Å². The Balaban J connectivity index is 0.000000705. The number of piperidine rings is 1. The van der Waals surface area contributed by atoms with E-state index in [0.29, 0.717) is 13.0 Å². The monoisotopic (exact) mass is 349 g/mol. The Hall–Kier alpha value is -2.21. The van der Waals surface area contributed by atoms with E-state index in [1.165, 1.54) is 5.56 Å². The second-order valence-corrected chi connectivity index (χ2v) is 5.89. The summed E-state index contributed by atoms with van der Waals surface area (Å²) in [7, 11) is 0. The number of ketones is 1. The Morgan fingerprint density at radius 3 is 2.36 bits per heavy atom. The molecule has 1 aromatic rings. The van der Waals surface area contributed by atoms with Crippen molar-refractivity contribution in [1.82, 2.24) is 4.90 Å². The van der Waals surface area contributed by atoms with Crippen molar-refractivity contribution in [2.75, 3.05) is 13.2 Å². The molecule has 6 heteroatoms. The van der Waals surface area contributed by atoms with Gasteiger partial charge in [0.15, 0.2) is 5.78 Å².